The van der Waals surface area contributed by atoms with Crippen molar-refractivity contribution in [2.45, 2.75) is 0 Å². The number of rotatable bonds is 6. The van der Waals surface area contributed by atoms with Crippen molar-refractivity contribution < 1.29 is 9.57 Å². The van der Waals surface area contributed by atoms with Gasteiger partial charge in [0.1, 0.15) is 30.9 Å². The summed E-state index contributed by atoms with van der Waals surface area (Å²) < 4.78 is 5.68. The Balaban J connectivity index is 1.99. The lowest BCUT2D eigenvalue weighted by atomic mass is 10.3. The molecule has 0 amide bonds. The fraction of sp³-hybridized carbons (Fsp3) is 0.0625. The van der Waals surface area contributed by atoms with Crippen LogP contribution in [0.1, 0.15) is 0 Å². The highest BCUT2D eigenvalue weighted by Crippen LogP contribution is 2.22. The SMILES string of the molecule is CO/N=C/C(C#N)=N/Nc1ccc(Oc2ccccc2)cc1. The average molecular weight is 294 g/mol. The van der Waals surface area contributed by atoms with Crippen molar-refractivity contribution in [2.24, 2.45) is 10.3 Å². The Labute approximate surface area is 128 Å². The Bertz CT molecular complexity index is 688. The van der Waals surface area contributed by atoms with E-state index in [1.54, 1.807) is 24.3 Å². The number of oxime groups is 1. The summed E-state index contributed by atoms with van der Waals surface area (Å²) >= 11 is 0. The minimum atomic E-state index is 0.103. The van der Waals surface area contributed by atoms with Crippen LogP contribution in [0, 0.1) is 11.3 Å². The van der Waals surface area contributed by atoms with Crippen LogP contribution >= 0.6 is 0 Å². The molecule has 1 N–H and O–H groups in total. The van der Waals surface area contributed by atoms with E-state index in [9.17, 15) is 0 Å². The van der Waals surface area contributed by atoms with Crippen LogP contribution in [0.2, 0.25) is 0 Å². The molecule has 0 saturated carbocycles. The zero-order chi connectivity index (χ0) is 15.6. The number of hydrazone groups is 1. The normalized spacial score (nSPS) is 11.0. The highest BCUT2D eigenvalue weighted by atomic mass is 16.6. The van der Waals surface area contributed by atoms with Gasteiger partial charge in [0, 0.05) is 0 Å². The van der Waals surface area contributed by atoms with Crippen LogP contribution in [0.15, 0.2) is 64.9 Å². The van der Waals surface area contributed by atoms with E-state index >= 15 is 0 Å². The van der Waals surface area contributed by atoms with Crippen LogP contribution < -0.4 is 10.2 Å². The van der Waals surface area contributed by atoms with Crippen LogP contribution in [0.25, 0.3) is 0 Å². The summed E-state index contributed by atoms with van der Waals surface area (Å²) in [7, 11) is 1.39. The van der Waals surface area contributed by atoms with Gasteiger partial charge in [-0.1, -0.05) is 23.4 Å². The number of ether oxygens (including phenoxy) is 1. The lowest BCUT2D eigenvalue weighted by Gasteiger charge is -2.06. The molecule has 0 bridgehead atoms. The van der Waals surface area contributed by atoms with E-state index in [0.29, 0.717) is 5.75 Å². The van der Waals surface area contributed by atoms with Gasteiger partial charge in [0.05, 0.1) is 5.69 Å². The molecule has 2 aromatic carbocycles. The van der Waals surface area contributed by atoms with Gasteiger partial charge < -0.3 is 9.57 Å². The number of anilines is 1. The molecule has 0 aliphatic carbocycles. The summed E-state index contributed by atoms with van der Waals surface area (Å²) in [5.74, 6) is 1.48. The highest BCUT2D eigenvalue weighted by molar-refractivity contribution is 6.37. The molecular weight excluding hydrogens is 280 g/mol. The Morgan fingerprint density at radius 2 is 1.77 bits per heavy atom. The molecule has 6 heteroatoms. The predicted molar refractivity (Wildman–Crippen MR) is 85.1 cm³/mol. The van der Waals surface area contributed by atoms with Crippen LogP contribution in [0.4, 0.5) is 5.69 Å². The molecule has 2 aromatic rings. The molecule has 110 valence electrons. The van der Waals surface area contributed by atoms with E-state index in [1.165, 1.54) is 13.3 Å². The van der Waals surface area contributed by atoms with Crippen molar-refractivity contribution >= 4 is 17.6 Å². The fourth-order valence-electron chi connectivity index (χ4n) is 1.53. The number of para-hydroxylation sites is 1. The Kier molecular flexibility index (Phi) is 5.53. The van der Waals surface area contributed by atoms with Crippen LogP contribution in [0.3, 0.4) is 0 Å². The molecule has 0 heterocycles. The minimum Gasteiger partial charge on any atom is -0.457 e. The van der Waals surface area contributed by atoms with E-state index in [0.717, 1.165) is 11.4 Å². The Morgan fingerprint density at radius 1 is 1.09 bits per heavy atom. The van der Waals surface area contributed by atoms with Gasteiger partial charge in [0.25, 0.3) is 0 Å². The molecule has 22 heavy (non-hydrogen) atoms. The summed E-state index contributed by atoms with van der Waals surface area (Å²) in [5.41, 5.74) is 3.58. The zero-order valence-corrected chi connectivity index (χ0v) is 11.9. The fourth-order valence-corrected chi connectivity index (χ4v) is 1.53. The van der Waals surface area contributed by atoms with Gasteiger partial charge in [-0.05, 0) is 36.4 Å². The van der Waals surface area contributed by atoms with Crippen molar-refractivity contribution in [3.05, 3.63) is 54.6 Å². The molecule has 0 aliphatic rings. The molecule has 0 unspecified atom stereocenters. The number of nitrogens with zero attached hydrogens (tertiary/aromatic N) is 3. The van der Waals surface area contributed by atoms with Crippen molar-refractivity contribution in [3.8, 4) is 17.6 Å². The maximum Gasteiger partial charge on any atom is 0.182 e. The molecule has 0 fully saturated rings. The maximum absolute atomic E-state index is 8.85. The Hall–Kier alpha value is -3.33. The van der Waals surface area contributed by atoms with Crippen molar-refractivity contribution in [1.82, 2.24) is 0 Å². The van der Waals surface area contributed by atoms with Gasteiger partial charge in [-0.3, -0.25) is 5.43 Å². The first-order valence-electron chi connectivity index (χ1n) is 6.45. The second kappa shape index (κ2) is 8.07. The number of nitrogens with one attached hydrogen (secondary N) is 1. The molecule has 0 aliphatic heterocycles. The first kappa shape index (κ1) is 15.1. The van der Waals surface area contributed by atoms with Gasteiger partial charge in [0.2, 0.25) is 0 Å². The van der Waals surface area contributed by atoms with Gasteiger partial charge in [-0.2, -0.15) is 10.4 Å². The smallest absolute Gasteiger partial charge is 0.182 e. The van der Waals surface area contributed by atoms with Gasteiger partial charge in [-0.25, -0.2) is 0 Å². The summed E-state index contributed by atoms with van der Waals surface area (Å²) in [6.45, 7) is 0. The number of hydrogen-bond donors (Lipinski definition) is 1. The number of nitriles is 1. The third kappa shape index (κ3) is 4.65. The van der Waals surface area contributed by atoms with Crippen LogP contribution in [-0.4, -0.2) is 19.0 Å². The predicted octanol–water partition coefficient (Wildman–Crippen LogP) is 3.40. The first-order chi connectivity index (χ1) is 10.8. The number of benzene rings is 2. The molecule has 0 aromatic heterocycles. The van der Waals surface area contributed by atoms with E-state index in [2.05, 4.69) is 20.5 Å². The summed E-state index contributed by atoms with van der Waals surface area (Å²) in [6.07, 6.45) is 1.22. The van der Waals surface area contributed by atoms with Crippen LogP contribution in [-0.2, 0) is 4.84 Å². The second-order valence-electron chi connectivity index (χ2n) is 4.08. The molecule has 0 radical (unpaired) electrons. The lowest BCUT2D eigenvalue weighted by Crippen LogP contribution is -2.01. The molecule has 6 nitrogen and oxygen atoms in total. The monoisotopic (exact) mass is 294 g/mol. The average Bonchev–Trinajstić information content (AvgIpc) is 2.57. The van der Waals surface area contributed by atoms with Crippen molar-refractivity contribution in [2.75, 3.05) is 12.5 Å². The quantitative estimate of drug-likeness (QED) is 0.654. The summed E-state index contributed by atoms with van der Waals surface area (Å²) in [4.78, 5) is 4.49. The van der Waals surface area contributed by atoms with Crippen molar-refractivity contribution in [3.63, 3.8) is 0 Å². The third-order valence-corrected chi connectivity index (χ3v) is 2.53. The highest BCUT2D eigenvalue weighted by Gasteiger charge is 1.98. The van der Waals surface area contributed by atoms with Gasteiger partial charge in [0.15, 0.2) is 5.71 Å². The molecular formula is C16H14N4O2. The molecule has 0 atom stereocenters. The molecule has 0 spiro atoms. The topological polar surface area (TPSA) is 79.0 Å². The zero-order valence-electron chi connectivity index (χ0n) is 11.9. The largest absolute Gasteiger partial charge is 0.457 e. The third-order valence-electron chi connectivity index (χ3n) is 2.53. The van der Waals surface area contributed by atoms with Gasteiger partial charge >= 0.3 is 0 Å². The lowest BCUT2D eigenvalue weighted by molar-refractivity contribution is 0.216. The maximum atomic E-state index is 8.85. The minimum absolute atomic E-state index is 0.103. The van der Waals surface area contributed by atoms with E-state index in [-0.39, 0.29) is 5.71 Å². The molecule has 2 rings (SSSR count). The Morgan fingerprint density at radius 3 is 2.41 bits per heavy atom. The standard InChI is InChI=1S/C16H14N4O2/c1-21-18-12-14(11-17)20-19-13-7-9-16(10-8-13)22-15-5-3-2-4-6-15/h2-10,12,19H,1H3/b18-12+,20-14+. The van der Waals surface area contributed by atoms with E-state index < -0.39 is 0 Å². The van der Waals surface area contributed by atoms with E-state index in [4.69, 9.17) is 10.00 Å². The second-order valence-corrected chi connectivity index (χ2v) is 4.08. The van der Waals surface area contributed by atoms with Gasteiger partial charge in [-0.15, -0.1) is 0 Å². The van der Waals surface area contributed by atoms with Crippen molar-refractivity contribution in [1.29, 1.82) is 5.26 Å². The summed E-state index contributed by atoms with van der Waals surface area (Å²) in [5, 5.41) is 16.2. The van der Waals surface area contributed by atoms with E-state index in [1.807, 2.05) is 36.4 Å². The van der Waals surface area contributed by atoms with Crippen LogP contribution in [0.5, 0.6) is 11.5 Å². The number of hydrogen-bond acceptors (Lipinski definition) is 6. The summed E-state index contributed by atoms with van der Waals surface area (Å²) in [6, 6.07) is 18.6. The molecule has 0 saturated heterocycles. The first-order valence-corrected chi connectivity index (χ1v) is 6.45.